The van der Waals surface area contributed by atoms with Crippen LogP contribution in [-0.4, -0.2) is 13.3 Å². The molecule has 0 bridgehead atoms. The maximum atomic E-state index is 5.74. The van der Waals surface area contributed by atoms with Gasteiger partial charge in [0, 0.05) is 16.3 Å². The molecule has 0 aliphatic heterocycles. The molecule has 4 heteroatoms. The first-order chi connectivity index (χ1) is 4.84. The zero-order valence-corrected chi connectivity index (χ0v) is 6.95. The maximum Gasteiger partial charge on any atom is 0.106 e. The van der Waals surface area contributed by atoms with Crippen LogP contribution in [0.1, 0.15) is 5.56 Å². The maximum absolute atomic E-state index is 5.74. The van der Waals surface area contributed by atoms with E-state index in [1.165, 1.54) is 18.4 Å². The van der Waals surface area contributed by atoms with Gasteiger partial charge in [0.1, 0.15) is 7.11 Å². The van der Waals surface area contributed by atoms with Gasteiger partial charge in [0.2, 0.25) is 0 Å². The lowest BCUT2D eigenvalue weighted by molar-refractivity contribution is 0.215. The van der Waals surface area contributed by atoms with Crippen LogP contribution in [-0.2, 0) is 4.84 Å². The average molecular weight is 176 g/mol. The van der Waals surface area contributed by atoms with Gasteiger partial charge in [-0.25, -0.2) is 0 Å². The van der Waals surface area contributed by atoms with Gasteiger partial charge >= 0.3 is 0 Å². The Labute approximate surface area is 68.1 Å². The summed E-state index contributed by atoms with van der Waals surface area (Å²) in [6.07, 6.45) is 1.58. The number of thiophene rings is 1. The van der Waals surface area contributed by atoms with Gasteiger partial charge < -0.3 is 4.84 Å². The lowest BCUT2D eigenvalue weighted by Crippen LogP contribution is -1.76. The SMILES string of the molecule is CO/N=C/c1cscc1Cl. The second kappa shape index (κ2) is 3.58. The van der Waals surface area contributed by atoms with E-state index in [1.54, 1.807) is 6.21 Å². The molecule has 0 N–H and O–H groups in total. The summed E-state index contributed by atoms with van der Waals surface area (Å²) in [6.45, 7) is 0. The van der Waals surface area contributed by atoms with Crippen molar-refractivity contribution in [3.63, 3.8) is 0 Å². The van der Waals surface area contributed by atoms with E-state index >= 15 is 0 Å². The highest BCUT2D eigenvalue weighted by atomic mass is 35.5. The first-order valence-corrected chi connectivity index (χ1v) is 3.95. The number of halogens is 1. The number of hydrogen-bond donors (Lipinski definition) is 0. The van der Waals surface area contributed by atoms with Crippen LogP contribution in [0.4, 0.5) is 0 Å². The largest absolute Gasteiger partial charge is 0.399 e. The molecular formula is C6H6ClNOS. The van der Waals surface area contributed by atoms with Crippen molar-refractivity contribution < 1.29 is 4.84 Å². The predicted octanol–water partition coefficient (Wildman–Crippen LogP) is 2.38. The summed E-state index contributed by atoms with van der Waals surface area (Å²) in [5.74, 6) is 0. The molecular weight excluding hydrogens is 170 g/mol. The molecule has 0 atom stereocenters. The Kier molecular flexibility index (Phi) is 2.71. The van der Waals surface area contributed by atoms with Crippen LogP contribution in [0.2, 0.25) is 5.02 Å². The number of rotatable bonds is 2. The Morgan fingerprint density at radius 1 is 1.70 bits per heavy atom. The minimum atomic E-state index is 0.714. The third-order valence-corrected chi connectivity index (χ3v) is 2.16. The normalized spacial score (nSPS) is 10.6. The number of hydrogen-bond acceptors (Lipinski definition) is 3. The zero-order valence-electron chi connectivity index (χ0n) is 5.37. The third-order valence-electron chi connectivity index (χ3n) is 0.939. The van der Waals surface area contributed by atoms with E-state index in [9.17, 15) is 0 Å². The molecule has 54 valence electrons. The average Bonchev–Trinajstić information content (AvgIpc) is 2.31. The predicted molar refractivity (Wildman–Crippen MR) is 43.9 cm³/mol. The topological polar surface area (TPSA) is 21.6 Å². The van der Waals surface area contributed by atoms with Crippen LogP contribution in [0.5, 0.6) is 0 Å². The molecule has 0 fully saturated rings. The second-order valence-corrected chi connectivity index (χ2v) is 2.74. The van der Waals surface area contributed by atoms with Crippen molar-refractivity contribution in [3.8, 4) is 0 Å². The van der Waals surface area contributed by atoms with Crippen molar-refractivity contribution in [1.29, 1.82) is 0 Å². The molecule has 0 unspecified atom stereocenters. The number of nitrogens with zero attached hydrogens (tertiary/aromatic N) is 1. The van der Waals surface area contributed by atoms with Crippen molar-refractivity contribution in [2.45, 2.75) is 0 Å². The van der Waals surface area contributed by atoms with Crippen LogP contribution in [0.15, 0.2) is 15.9 Å². The van der Waals surface area contributed by atoms with Gasteiger partial charge in [0.15, 0.2) is 0 Å². The zero-order chi connectivity index (χ0) is 7.40. The molecule has 0 radical (unpaired) electrons. The Bertz CT molecular complexity index is 233. The van der Waals surface area contributed by atoms with Crippen molar-refractivity contribution in [3.05, 3.63) is 21.3 Å². The third kappa shape index (κ3) is 1.72. The summed E-state index contributed by atoms with van der Waals surface area (Å²) in [5, 5.41) is 8.04. The first kappa shape index (κ1) is 7.57. The number of oxime groups is 1. The Hall–Kier alpha value is -0.540. The van der Waals surface area contributed by atoms with Gasteiger partial charge in [0.25, 0.3) is 0 Å². The highest BCUT2D eigenvalue weighted by Gasteiger charge is 1.95. The van der Waals surface area contributed by atoms with E-state index in [0.29, 0.717) is 5.02 Å². The molecule has 1 heterocycles. The molecule has 0 saturated heterocycles. The molecule has 1 aromatic heterocycles. The van der Waals surface area contributed by atoms with Crippen molar-refractivity contribution >= 4 is 29.2 Å². The van der Waals surface area contributed by atoms with Gasteiger partial charge in [-0.1, -0.05) is 16.8 Å². The fraction of sp³-hybridized carbons (Fsp3) is 0.167. The minimum absolute atomic E-state index is 0.714. The van der Waals surface area contributed by atoms with Gasteiger partial charge in [-0.2, -0.15) is 11.3 Å². The summed E-state index contributed by atoms with van der Waals surface area (Å²) in [4.78, 5) is 4.49. The molecule has 10 heavy (non-hydrogen) atoms. The summed E-state index contributed by atoms with van der Waals surface area (Å²) in [7, 11) is 1.50. The summed E-state index contributed by atoms with van der Waals surface area (Å²) < 4.78 is 0. The summed E-state index contributed by atoms with van der Waals surface area (Å²) in [6, 6.07) is 0. The first-order valence-electron chi connectivity index (χ1n) is 2.63. The Balaban J connectivity index is 2.74. The molecule has 1 aromatic rings. The van der Waals surface area contributed by atoms with E-state index in [-0.39, 0.29) is 0 Å². The van der Waals surface area contributed by atoms with Crippen molar-refractivity contribution in [2.24, 2.45) is 5.16 Å². The van der Waals surface area contributed by atoms with E-state index < -0.39 is 0 Å². The van der Waals surface area contributed by atoms with Gasteiger partial charge in [0.05, 0.1) is 11.2 Å². The summed E-state index contributed by atoms with van der Waals surface area (Å²) >= 11 is 7.28. The van der Waals surface area contributed by atoms with E-state index in [4.69, 9.17) is 11.6 Å². The van der Waals surface area contributed by atoms with Gasteiger partial charge in [-0.3, -0.25) is 0 Å². The molecule has 2 nitrogen and oxygen atoms in total. The van der Waals surface area contributed by atoms with Crippen molar-refractivity contribution in [1.82, 2.24) is 0 Å². The minimum Gasteiger partial charge on any atom is -0.399 e. The highest BCUT2D eigenvalue weighted by Crippen LogP contribution is 2.18. The molecule has 0 aromatic carbocycles. The monoisotopic (exact) mass is 175 g/mol. The van der Waals surface area contributed by atoms with Crippen LogP contribution >= 0.6 is 22.9 Å². The molecule has 0 spiro atoms. The fourth-order valence-corrected chi connectivity index (χ4v) is 1.47. The van der Waals surface area contributed by atoms with Crippen LogP contribution in [0.3, 0.4) is 0 Å². The highest BCUT2D eigenvalue weighted by molar-refractivity contribution is 7.08. The van der Waals surface area contributed by atoms with Gasteiger partial charge in [-0.05, 0) is 0 Å². The molecule has 0 aliphatic rings. The Morgan fingerprint density at radius 3 is 3.00 bits per heavy atom. The lowest BCUT2D eigenvalue weighted by atomic mass is 10.4. The molecule has 0 saturated carbocycles. The fourth-order valence-electron chi connectivity index (χ4n) is 0.493. The van der Waals surface area contributed by atoms with Crippen LogP contribution in [0, 0.1) is 0 Å². The molecule has 0 aliphatic carbocycles. The quantitative estimate of drug-likeness (QED) is 0.500. The van der Waals surface area contributed by atoms with Gasteiger partial charge in [-0.15, -0.1) is 0 Å². The van der Waals surface area contributed by atoms with Crippen LogP contribution < -0.4 is 0 Å². The van der Waals surface area contributed by atoms with Crippen LogP contribution in [0.25, 0.3) is 0 Å². The van der Waals surface area contributed by atoms with E-state index in [1.807, 2.05) is 10.8 Å². The second-order valence-electron chi connectivity index (χ2n) is 1.59. The summed E-state index contributed by atoms with van der Waals surface area (Å²) in [5.41, 5.74) is 0.897. The standard InChI is InChI=1S/C6H6ClNOS/c1-9-8-2-5-3-10-4-6(5)7/h2-4H,1H3/b8-2+. The lowest BCUT2D eigenvalue weighted by Gasteiger charge is -1.85. The van der Waals surface area contributed by atoms with Crippen molar-refractivity contribution in [2.75, 3.05) is 7.11 Å². The molecule has 1 rings (SSSR count). The van der Waals surface area contributed by atoms with E-state index in [0.717, 1.165) is 5.56 Å². The Morgan fingerprint density at radius 2 is 2.50 bits per heavy atom. The smallest absolute Gasteiger partial charge is 0.106 e. The molecule has 0 amide bonds. The van der Waals surface area contributed by atoms with E-state index in [2.05, 4.69) is 9.99 Å².